The van der Waals surface area contributed by atoms with Crippen LogP contribution in [0, 0.1) is 11.8 Å². The van der Waals surface area contributed by atoms with E-state index in [1.807, 2.05) is 0 Å². The van der Waals surface area contributed by atoms with Crippen LogP contribution in [-0.2, 0) is 0 Å². The molecule has 0 nitrogen and oxygen atoms in total. The topological polar surface area (TPSA) is 0 Å². The average molecular weight is 198 g/mol. The Morgan fingerprint density at radius 1 is 1.33 bits per heavy atom. The molecule has 1 saturated heterocycles. The molecule has 2 heteroatoms. The van der Waals surface area contributed by atoms with Crippen LogP contribution < -0.4 is 0 Å². The van der Waals surface area contributed by atoms with E-state index in [0.29, 0.717) is 4.08 Å². The van der Waals surface area contributed by atoms with Gasteiger partial charge in [0.05, 0.1) is 4.08 Å². The van der Waals surface area contributed by atoms with Crippen molar-refractivity contribution in [3.8, 4) is 0 Å². The molecule has 3 aliphatic rings. The third-order valence-corrected chi connectivity index (χ3v) is 7.34. The lowest BCUT2D eigenvalue weighted by Gasteiger charge is -2.32. The van der Waals surface area contributed by atoms with Crippen molar-refractivity contribution in [1.29, 1.82) is 0 Å². The highest BCUT2D eigenvalue weighted by Gasteiger charge is 2.54. The lowest BCUT2D eigenvalue weighted by molar-refractivity contribution is 0.546. The molecule has 0 N–H and O–H groups in total. The van der Waals surface area contributed by atoms with E-state index in [4.69, 9.17) is 0 Å². The molecule has 2 saturated carbocycles. The van der Waals surface area contributed by atoms with Crippen LogP contribution in [0.2, 0.25) is 0 Å². The molecule has 66 valence electrons. The fourth-order valence-corrected chi connectivity index (χ4v) is 6.63. The molecule has 12 heavy (non-hydrogen) atoms. The minimum Gasteiger partial charge on any atom is -0.143 e. The molecule has 0 amide bonds. The van der Waals surface area contributed by atoms with Crippen LogP contribution in [0.1, 0.15) is 19.3 Å². The maximum atomic E-state index is 4.17. The highest BCUT2D eigenvalue weighted by atomic mass is 32.2. The summed E-state index contributed by atoms with van der Waals surface area (Å²) in [6.45, 7) is 4.17. The summed E-state index contributed by atoms with van der Waals surface area (Å²) in [4.78, 5) is 0. The number of hydrogen-bond acceptors (Lipinski definition) is 2. The van der Waals surface area contributed by atoms with Gasteiger partial charge >= 0.3 is 0 Å². The van der Waals surface area contributed by atoms with Crippen LogP contribution in [-0.4, -0.2) is 15.6 Å². The SMILES string of the molecule is C=C1CC2CC1CC21SCCS1. The van der Waals surface area contributed by atoms with Crippen molar-refractivity contribution in [2.75, 3.05) is 11.5 Å². The summed E-state index contributed by atoms with van der Waals surface area (Å²) in [5, 5.41) is 0. The van der Waals surface area contributed by atoms with E-state index in [2.05, 4.69) is 30.1 Å². The molecule has 1 spiro atoms. The Kier molecular flexibility index (Phi) is 1.61. The van der Waals surface area contributed by atoms with Gasteiger partial charge in [0, 0.05) is 11.5 Å². The van der Waals surface area contributed by atoms with Crippen molar-refractivity contribution in [3.05, 3.63) is 12.2 Å². The van der Waals surface area contributed by atoms with Crippen molar-refractivity contribution in [1.82, 2.24) is 0 Å². The zero-order valence-electron chi connectivity index (χ0n) is 7.21. The van der Waals surface area contributed by atoms with Crippen LogP contribution in [0.25, 0.3) is 0 Å². The summed E-state index contributed by atoms with van der Waals surface area (Å²) in [6.07, 6.45) is 4.23. The van der Waals surface area contributed by atoms with Gasteiger partial charge in [0.2, 0.25) is 0 Å². The Balaban J connectivity index is 1.89. The Hall–Kier alpha value is 0.440. The molecular weight excluding hydrogens is 184 g/mol. The average Bonchev–Trinajstić information content (AvgIpc) is 2.68. The maximum Gasteiger partial charge on any atom is 0.0648 e. The molecular formula is C10H14S2. The molecule has 2 aliphatic carbocycles. The minimum absolute atomic E-state index is 0.659. The fraction of sp³-hybridized carbons (Fsp3) is 0.800. The van der Waals surface area contributed by atoms with Crippen molar-refractivity contribution in [2.24, 2.45) is 11.8 Å². The molecule has 1 heterocycles. The van der Waals surface area contributed by atoms with Gasteiger partial charge in [0.1, 0.15) is 0 Å². The molecule has 2 bridgehead atoms. The Morgan fingerprint density at radius 3 is 2.58 bits per heavy atom. The smallest absolute Gasteiger partial charge is 0.0648 e. The summed E-state index contributed by atoms with van der Waals surface area (Å²) in [6, 6.07) is 0. The van der Waals surface area contributed by atoms with Crippen LogP contribution >= 0.6 is 23.5 Å². The number of fused-ring (bicyclic) bond motifs is 3. The van der Waals surface area contributed by atoms with E-state index in [-0.39, 0.29) is 0 Å². The van der Waals surface area contributed by atoms with Crippen molar-refractivity contribution in [2.45, 2.75) is 23.3 Å². The molecule has 2 atom stereocenters. The maximum absolute atomic E-state index is 4.17. The molecule has 0 aromatic carbocycles. The first-order chi connectivity index (χ1) is 5.80. The van der Waals surface area contributed by atoms with Crippen LogP contribution in [0.15, 0.2) is 12.2 Å². The second-order valence-corrected chi connectivity index (χ2v) is 7.31. The second kappa shape index (κ2) is 2.48. The first kappa shape index (κ1) is 7.81. The predicted octanol–water partition coefficient (Wildman–Crippen LogP) is 3.15. The first-order valence-corrected chi connectivity index (χ1v) is 6.73. The lowest BCUT2D eigenvalue weighted by Crippen LogP contribution is -2.25. The standard InChI is InChI=1S/C10H14S2/c1-7-4-9-5-8(7)6-10(9)11-2-3-12-10/h8-9H,1-6H2. The summed E-state index contributed by atoms with van der Waals surface area (Å²) in [7, 11) is 0. The largest absolute Gasteiger partial charge is 0.143 e. The van der Waals surface area contributed by atoms with E-state index in [9.17, 15) is 0 Å². The van der Waals surface area contributed by atoms with Gasteiger partial charge in [0.25, 0.3) is 0 Å². The molecule has 0 aromatic rings. The van der Waals surface area contributed by atoms with Gasteiger partial charge in [-0.1, -0.05) is 12.2 Å². The van der Waals surface area contributed by atoms with E-state index < -0.39 is 0 Å². The molecule has 0 aromatic heterocycles. The lowest BCUT2D eigenvalue weighted by atomic mass is 9.95. The highest BCUT2D eigenvalue weighted by Crippen LogP contribution is 2.65. The van der Waals surface area contributed by atoms with Gasteiger partial charge < -0.3 is 0 Å². The zero-order valence-corrected chi connectivity index (χ0v) is 8.85. The predicted molar refractivity (Wildman–Crippen MR) is 57.6 cm³/mol. The van der Waals surface area contributed by atoms with E-state index in [1.165, 1.54) is 30.8 Å². The van der Waals surface area contributed by atoms with Crippen molar-refractivity contribution in [3.63, 3.8) is 0 Å². The highest BCUT2D eigenvalue weighted by molar-refractivity contribution is 8.21. The van der Waals surface area contributed by atoms with E-state index in [1.54, 1.807) is 5.57 Å². The normalized spacial score (nSPS) is 43.2. The fourth-order valence-electron chi connectivity index (χ4n) is 2.97. The van der Waals surface area contributed by atoms with Crippen LogP contribution in [0.5, 0.6) is 0 Å². The number of thioether (sulfide) groups is 2. The second-order valence-electron chi connectivity index (χ2n) is 4.20. The van der Waals surface area contributed by atoms with Gasteiger partial charge in [-0.2, -0.15) is 0 Å². The van der Waals surface area contributed by atoms with Gasteiger partial charge in [-0.3, -0.25) is 0 Å². The van der Waals surface area contributed by atoms with Crippen molar-refractivity contribution < 1.29 is 0 Å². The molecule has 3 fully saturated rings. The van der Waals surface area contributed by atoms with Crippen LogP contribution in [0.4, 0.5) is 0 Å². The number of allylic oxidation sites excluding steroid dienone is 1. The first-order valence-electron chi connectivity index (χ1n) is 4.76. The van der Waals surface area contributed by atoms with Gasteiger partial charge in [0.15, 0.2) is 0 Å². The summed E-state index contributed by atoms with van der Waals surface area (Å²) >= 11 is 4.48. The molecule has 1 aliphatic heterocycles. The van der Waals surface area contributed by atoms with Crippen LogP contribution in [0.3, 0.4) is 0 Å². The summed E-state index contributed by atoms with van der Waals surface area (Å²) in [5.74, 6) is 4.65. The summed E-state index contributed by atoms with van der Waals surface area (Å²) in [5.41, 5.74) is 1.55. The molecule has 0 radical (unpaired) electrons. The number of hydrogen-bond donors (Lipinski definition) is 0. The van der Waals surface area contributed by atoms with Crippen molar-refractivity contribution >= 4 is 23.5 Å². The Bertz CT molecular complexity index is 228. The zero-order chi connectivity index (χ0) is 8.18. The monoisotopic (exact) mass is 198 g/mol. The molecule has 2 unspecified atom stereocenters. The quantitative estimate of drug-likeness (QED) is 0.548. The Labute approximate surface area is 82.6 Å². The van der Waals surface area contributed by atoms with Gasteiger partial charge in [-0.25, -0.2) is 0 Å². The van der Waals surface area contributed by atoms with E-state index in [0.717, 1.165) is 11.8 Å². The Morgan fingerprint density at radius 2 is 2.08 bits per heavy atom. The minimum atomic E-state index is 0.659. The van der Waals surface area contributed by atoms with Gasteiger partial charge in [-0.05, 0) is 31.1 Å². The summed E-state index contributed by atoms with van der Waals surface area (Å²) < 4.78 is 0.659. The third-order valence-electron chi connectivity index (χ3n) is 3.58. The third kappa shape index (κ3) is 0.884. The molecule has 3 rings (SSSR count). The number of rotatable bonds is 0. The van der Waals surface area contributed by atoms with E-state index >= 15 is 0 Å². The van der Waals surface area contributed by atoms with Gasteiger partial charge in [-0.15, -0.1) is 23.5 Å².